The summed E-state index contributed by atoms with van der Waals surface area (Å²) in [5.74, 6) is 0. The lowest BCUT2D eigenvalue weighted by Crippen LogP contribution is -2.25. The highest BCUT2D eigenvalue weighted by atomic mass is 16.6. The van der Waals surface area contributed by atoms with E-state index < -0.39 is 4.92 Å². The van der Waals surface area contributed by atoms with Gasteiger partial charge in [-0.1, -0.05) is 0 Å². The lowest BCUT2D eigenvalue weighted by Gasteiger charge is -2.03. The van der Waals surface area contributed by atoms with Crippen molar-refractivity contribution in [3.8, 4) is 0 Å². The van der Waals surface area contributed by atoms with Gasteiger partial charge in [-0.15, -0.1) is 0 Å². The Kier molecular flexibility index (Phi) is 3.22. The molecule has 0 atom stereocenters. The van der Waals surface area contributed by atoms with E-state index in [0.29, 0.717) is 4.73 Å². The molecule has 0 unspecified atom stereocenters. The second-order valence-corrected chi connectivity index (χ2v) is 3.18. The topological polar surface area (TPSA) is 73.3 Å². The third kappa shape index (κ3) is 2.94. The Morgan fingerprint density at radius 1 is 1.53 bits per heavy atom. The highest BCUT2D eigenvalue weighted by Gasteiger charge is 2.14. The van der Waals surface area contributed by atoms with E-state index in [4.69, 9.17) is 0 Å². The second-order valence-electron chi connectivity index (χ2n) is 3.18. The molecule has 0 aliphatic carbocycles. The highest BCUT2D eigenvalue weighted by molar-refractivity contribution is 5.58. The summed E-state index contributed by atoms with van der Waals surface area (Å²) in [5.41, 5.74) is 0.200. The van der Waals surface area contributed by atoms with Crippen molar-refractivity contribution < 1.29 is 9.65 Å². The van der Waals surface area contributed by atoms with Gasteiger partial charge < -0.3 is 10.1 Å². The molecule has 0 radical (unpaired) electrons. The van der Waals surface area contributed by atoms with E-state index in [9.17, 15) is 15.3 Å². The zero-order valence-corrected chi connectivity index (χ0v) is 8.45. The van der Waals surface area contributed by atoms with Crippen LogP contribution in [0.25, 0.3) is 6.08 Å². The SMILES string of the molecule is CN(C)C=Cc1c[n+]([O-])ccc1[N+](=O)[O-]. The van der Waals surface area contributed by atoms with Crippen molar-refractivity contribution in [2.75, 3.05) is 14.1 Å². The summed E-state index contributed by atoms with van der Waals surface area (Å²) >= 11 is 0. The minimum atomic E-state index is -0.519. The minimum Gasteiger partial charge on any atom is -0.619 e. The van der Waals surface area contributed by atoms with Gasteiger partial charge in [0.2, 0.25) is 0 Å². The van der Waals surface area contributed by atoms with E-state index in [2.05, 4.69) is 0 Å². The first-order chi connectivity index (χ1) is 7.00. The van der Waals surface area contributed by atoms with Crippen LogP contribution >= 0.6 is 0 Å². The molecule has 0 aliphatic rings. The summed E-state index contributed by atoms with van der Waals surface area (Å²) in [4.78, 5) is 11.8. The van der Waals surface area contributed by atoms with Gasteiger partial charge in [-0.2, -0.15) is 4.73 Å². The molecular formula is C9H11N3O3. The van der Waals surface area contributed by atoms with Crippen LogP contribution in [-0.2, 0) is 0 Å². The molecule has 0 N–H and O–H groups in total. The van der Waals surface area contributed by atoms with Gasteiger partial charge in [0.25, 0.3) is 5.69 Å². The molecule has 1 aromatic heterocycles. The van der Waals surface area contributed by atoms with E-state index in [0.717, 1.165) is 12.4 Å². The van der Waals surface area contributed by atoms with Crippen LogP contribution in [-0.4, -0.2) is 23.9 Å². The maximum Gasteiger partial charge on any atom is 0.288 e. The van der Waals surface area contributed by atoms with Crippen molar-refractivity contribution >= 4 is 11.8 Å². The van der Waals surface area contributed by atoms with Gasteiger partial charge in [0.1, 0.15) is 5.56 Å². The summed E-state index contributed by atoms with van der Waals surface area (Å²) in [6.45, 7) is 0. The van der Waals surface area contributed by atoms with Crippen LogP contribution in [0.3, 0.4) is 0 Å². The van der Waals surface area contributed by atoms with Crippen LogP contribution < -0.4 is 4.73 Å². The number of hydrogen-bond acceptors (Lipinski definition) is 4. The molecule has 0 spiro atoms. The fourth-order valence-corrected chi connectivity index (χ4v) is 1.01. The first-order valence-corrected chi connectivity index (χ1v) is 4.22. The maximum absolute atomic E-state index is 11.0. The van der Waals surface area contributed by atoms with E-state index in [-0.39, 0.29) is 11.3 Å². The predicted molar refractivity (Wildman–Crippen MR) is 54.8 cm³/mol. The fraction of sp³-hybridized carbons (Fsp3) is 0.222. The van der Waals surface area contributed by atoms with E-state index >= 15 is 0 Å². The first-order valence-electron chi connectivity index (χ1n) is 4.22. The molecule has 1 rings (SSSR count). The number of rotatable bonds is 3. The number of hydrogen-bond donors (Lipinski definition) is 0. The molecule has 15 heavy (non-hydrogen) atoms. The summed E-state index contributed by atoms with van der Waals surface area (Å²) in [6, 6.07) is 1.18. The Morgan fingerprint density at radius 3 is 2.73 bits per heavy atom. The van der Waals surface area contributed by atoms with Crippen molar-refractivity contribution in [1.82, 2.24) is 4.90 Å². The molecule has 0 fully saturated rings. The van der Waals surface area contributed by atoms with Gasteiger partial charge >= 0.3 is 0 Å². The average molecular weight is 209 g/mol. The van der Waals surface area contributed by atoms with Crippen LogP contribution in [0.2, 0.25) is 0 Å². The van der Waals surface area contributed by atoms with Gasteiger partial charge in [-0.25, -0.2) is 0 Å². The summed E-state index contributed by atoms with van der Waals surface area (Å²) in [5, 5.41) is 21.6. The van der Waals surface area contributed by atoms with Crippen LogP contribution in [0.4, 0.5) is 5.69 Å². The molecule has 0 bridgehead atoms. The molecular weight excluding hydrogens is 198 g/mol. The molecule has 0 saturated heterocycles. The fourth-order valence-electron chi connectivity index (χ4n) is 1.01. The van der Waals surface area contributed by atoms with Gasteiger partial charge in [0.15, 0.2) is 12.4 Å². The number of nitrogens with zero attached hydrogens (tertiary/aromatic N) is 3. The monoisotopic (exact) mass is 209 g/mol. The molecule has 1 aromatic rings. The minimum absolute atomic E-state index is 0.0831. The largest absolute Gasteiger partial charge is 0.619 e. The molecule has 0 saturated carbocycles. The van der Waals surface area contributed by atoms with Crippen molar-refractivity contribution in [2.45, 2.75) is 0 Å². The van der Waals surface area contributed by atoms with Crippen molar-refractivity contribution in [1.29, 1.82) is 0 Å². The predicted octanol–water partition coefficient (Wildman–Crippen LogP) is 0.761. The van der Waals surface area contributed by atoms with Crippen LogP contribution in [0.15, 0.2) is 24.7 Å². The van der Waals surface area contributed by atoms with Gasteiger partial charge in [0.05, 0.1) is 11.0 Å². The normalized spacial score (nSPS) is 10.5. The molecule has 80 valence electrons. The zero-order chi connectivity index (χ0) is 11.4. The van der Waals surface area contributed by atoms with Crippen LogP contribution in [0.1, 0.15) is 5.56 Å². The molecule has 6 nitrogen and oxygen atoms in total. The lowest BCUT2D eigenvalue weighted by molar-refractivity contribution is -0.606. The Hall–Kier alpha value is -2.11. The Bertz CT molecular complexity index is 402. The third-order valence-corrected chi connectivity index (χ3v) is 1.69. The first kappa shape index (κ1) is 11.0. The number of pyridine rings is 1. The standard InChI is InChI=1S/C9H11N3O3/c1-10(2)5-3-8-7-11(13)6-4-9(8)12(14)15/h3-7H,1-2H3. The zero-order valence-electron chi connectivity index (χ0n) is 8.45. The van der Waals surface area contributed by atoms with Crippen molar-refractivity contribution in [2.24, 2.45) is 0 Å². The quantitative estimate of drug-likeness (QED) is 0.319. The van der Waals surface area contributed by atoms with Gasteiger partial charge in [0, 0.05) is 14.1 Å². The molecule has 0 aromatic carbocycles. The van der Waals surface area contributed by atoms with E-state index in [1.807, 2.05) is 0 Å². The molecule has 6 heteroatoms. The van der Waals surface area contributed by atoms with Crippen LogP contribution in [0.5, 0.6) is 0 Å². The Morgan fingerprint density at radius 2 is 2.20 bits per heavy atom. The third-order valence-electron chi connectivity index (χ3n) is 1.69. The molecule has 0 aliphatic heterocycles. The highest BCUT2D eigenvalue weighted by Crippen LogP contribution is 2.16. The van der Waals surface area contributed by atoms with Crippen LogP contribution in [0, 0.1) is 15.3 Å². The number of aromatic nitrogens is 1. The Balaban J connectivity index is 3.13. The van der Waals surface area contributed by atoms with Crippen molar-refractivity contribution in [3.05, 3.63) is 45.5 Å². The van der Waals surface area contributed by atoms with Gasteiger partial charge in [-0.3, -0.25) is 10.1 Å². The maximum atomic E-state index is 11.0. The smallest absolute Gasteiger partial charge is 0.288 e. The van der Waals surface area contributed by atoms with Crippen molar-refractivity contribution in [3.63, 3.8) is 0 Å². The lowest BCUT2D eigenvalue weighted by atomic mass is 10.2. The molecule has 0 amide bonds. The average Bonchev–Trinajstić information content (AvgIpc) is 2.14. The Labute approximate surface area is 86.8 Å². The summed E-state index contributed by atoms with van der Waals surface area (Å²) in [6.07, 6.45) is 5.43. The second kappa shape index (κ2) is 4.41. The summed E-state index contributed by atoms with van der Waals surface area (Å²) < 4.78 is 0.530. The summed E-state index contributed by atoms with van der Waals surface area (Å²) in [7, 11) is 3.58. The van der Waals surface area contributed by atoms with E-state index in [1.165, 1.54) is 12.1 Å². The number of nitro groups is 1. The molecule has 1 heterocycles. The van der Waals surface area contributed by atoms with Gasteiger partial charge in [-0.05, 0) is 12.3 Å². The van der Waals surface area contributed by atoms with E-state index in [1.54, 1.807) is 25.2 Å².